The molecule has 2 rings (SSSR count). The minimum atomic E-state index is 0.369. The molecule has 0 aromatic carbocycles. The van der Waals surface area contributed by atoms with Crippen molar-refractivity contribution in [2.75, 3.05) is 39.4 Å². The van der Waals surface area contributed by atoms with E-state index in [-0.39, 0.29) is 0 Å². The molecule has 0 aromatic heterocycles. The van der Waals surface area contributed by atoms with Gasteiger partial charge in [0.1, 0.15) is 0 Å². The average Bonchev–Trinajstić information content (AvgIpc) is 3.06. The lowest BCUT2D eigenvalue weighted by molar-refractivity contribution is 0.104. The summed E-state index contributed by atoms with van der Waals surface area (Å²) in [5.74, 6) is 0.751. The molecule has 0 amide bonds. The molecular weight excluding hydrogens is 224 g/mol. The van der Waals surface area contributed by atoms with Crippen molar-refractivity contribution in [2.45, 2.75) is 46.1 Å². The highest BCUT2D eigenvalue weighted by Gasteiger charge is 2.37. The Kier molecular flexibility index (Phi) is 5.05. The van der Waals surface area contributed by atoms with E-state index in [2.05, 4.69) is 31.0 Å². The van der Waals surface area contributed by atoms with E-state index in [1.165, 1.54) is 32.4 Å². The molecule has 3 nitrogen and oxygen atoms in total. The van der Waals surface area contributed by atoms with Crippen LogP contribution in [-0.2, 0) is 4.74 Å². The highest BCUT2D eigenvalue weighted by atomic mass is 16.5. The van der Waals surface area contributed by atoms with Gasteiger partial charge in [-0.15, -0.1) is 0 Å². The molecule has 2 aliphatic rings. The fourth-order valence-electron chi connectivity index (χ4n) is 2.91. The van der Waals surface area contributed by atoms with E-state index in [1.54, 1.807) is 0 Å². The lowest BCUT2D eigenvalue weighted by atomic mass is 9.86. The quantitative estimate of drug-likeness (QED) is 0.718. The summed E-state index contributed by atoms with van der Waals surface area (Å²) < 4.78 is 5.70. The molecule has 1 heterocycles. The maximum Gasteiger partial charge on any atom is 0.0547 e. The summed E-state index contributed by atoms with van der Waals surface area (Å²) in [4.78, 5) is 2.61. The number of ether oxygens (including phenoxy) is 1. The maximum absolute atomic E-state index is 5.70. The fourth-order valence-corrected chi connectivity index (χ4v) is 2.91. The summed E-state index contributed by atoms with van der Waals surface area (Å²) in [5.41, 5.74) is 0.369. The first kappa shape index (κ1) is 14.3. The monoisotopic (exact) mass is 254 g/mol. The molecule has 106 valence electrons. The van der Waals surface area contributed by atoms with Crippen LogP contribution in [0.15, 0.2) is 0 Å². The standard InChI is InChI=1S/C15H30N2O/c1-4-17(9-13(2)3)11-15(7-8-18-12-15)10-16-14-5-6-14/h13-14,16H,4-12H2,1-3H3. The normalized spacial score (nSPS) is 28.5. The van der Waals surface area contributed by atoms with E-state index in [0.717, 1.165) is 38.3 Å². The number of hydrogen-bond acceptors (Lipinski definition) is 3. The van der Waals surface area contributed by atoms with Crippen molar-refractivity contribution in [1.29, 1.82) is 0 Å². The zero-order valence-electron chi connectivity index (χ0n) is 12.4. The predicted molar refractivity (Wildman–Crippen MR) is 75.8 cm³/mol. The van der Waals surface area contributed by atoms with Crippen molar-refractivity contribution in [3.8, 4) is 0 Å². The lowest BCUT2D eigenvalue weighted by Gasteiger charge is -2.35. The van der Waals surface area contributed by atoms with E-state index in [9.17, 15) is 0 Å². The molecule has 1 saturated carbocycles. The largest absolute Gasteiger partial charge is 0.381 e. The van der Waals surface area contributed by atoms with Gasteiger partial charge in [-0.2, -0.15) is 0 Å². The highest BCUT2D eigenvalue weighted by Crippen LogP contribution is 2.31. The van der Waals surface area contributed by atoms with E-state index in [0.29, 0.717) is 5.41 Å². The third-order valence-electron chi connectivity index (χ3n) is 4.16. The van der Waals surface area contributed by atoms with Gasteiger partial charge >= 0.3 is 0 Å². The summed E-state index contributed by atoms with van der Waals surface area (Å²) in [6, 6.07) is 0.808. The van der Waals surface area contributed by atoms with Gasteiger partial charge in [0.25, 0.3) is 0 Å². The zero-order valence-corrected chi connectivity index (χ0v) is 12.4. The second-order valence-corrected chi connectivity index (χ2v) is 6.68. The molecule has 1 aliphatic carbocycles. The topological polar surface area (TPSA) is 24.5 Å². The Morgan fingerprint density at radius 2 is 2.17 bits per heavy atom. The molecule has 18 heavy (non-hydrogen) atoms. The Bertz CT molecular complexity index is 245. The van der Waals surface area contributed by atoms with E-state index >= 15 is 0 Å². The summed E-state index contributed by atoms with van der Waals surface area (Å²) in [6.07, 6.45) is 3.97. The zero-order chi connectivity index (χ0) is 13.0. The third kappa shape index (κ3) is 4.22. The second kappa shape index (κ2) is 6.36. The number of nitrogens with one attached hydrogen (secondary N) is 1. The van der Waals surface area contributed by atoms with Crippen LogP contribution in [0.2, 0.25) is 0 Å². The molecule has 1 aliphatic heterocycles. The van der Waals surface area contributed by atoms with Gasteiger partial charge in [0.05, 0.1) is 6.61 Å². The van der Waals surface area contributed by atoms with E-state index in [1.807, 2.05) is 0 Å². The molecule has 2 fully saturated rings. The predicted octanol–water partition coefficient (Wildman–Crippen LogP) is 2.12. The van der Waals surface area contributed by atoms with Crippen LogP contribution in [0.25, 0.3) is 0 Å². The van der Waals surface area contributed by atoms with Crippen LogP contribution >= 0.6 is 0 Å². The molecule has 0 aromatic rings. The van der Waals surface area contributed by atoms with E-state index in [4.69, 9.17) is 4.74 Å². The first-order valence-corrected chi connectivity index (χ1v) is 7.67. The number of rotatable bonds is 8. The van der Waals surface area contributed by atoms with Gasteiger partial charge in [-0.1, -0.05) is 20.8 Å². The molecule has 3 heteroatoms. The molecule has 0 spiro atoms. The van der Waals surface area contributed by atoms with Crippen LogP contribution in [0.3, 0.4) is 0 Å². The van der Waals surface area contributed by atoms with Crippen LogP contribution < -0.4 is 5.32 Å². The van der Waals surface area contributed by atoms with Gasteiger partial charge in [-0.05, 0) is 31.7 Å². The SMILES string of the molecule is CCN(CC(C)C)CC1(CNC2CC2)CCOC1. The van der Waals surface area contributed by atoms with Crippen LogP contribution in [0, 0.1) is 11.3 Å². The van der Waals surface area contributed by atoms with Crippen molar-refractivity contribution in [3.05, 3.63) is 0 Å². The van der Waals surface area contributed by atoms with Gasteiger partial charge in [0.15, 0.2) is 0 Å². The number of hydrogen-bond donors (Lipinski definition) is 1. The van der Waals surface area contributed by atoms with Crippen LogP contribution in [0.5, 0.6) is 0 Å². The summed E-state index contributed by atoms with van der Waals surface area (Å²) in [6.45, 7) is 13.5. The van der Waals surface area contributed by atoms with Gasteiger partial charge in [-0.25, -0.2) is 0 Å². The first-order chi connectivity index (χ1) is 8.63. The Balaban J connectivity index is 1.86. The average molecular weight is 254 g/mol. The summed E-state index contributed by atoms with van der Waals surface area (Å²) in [7, 11) is 0. The molecule has 1 N–H and O–H groups in total. The van der Waals surface area contributed by atoms with Crippen molar-refractivity contribution in [1.82, 2.24) is 10.2 Å². The molecule has 1 atom stereocenters. The van der Waals surface area contributed by atoms with Crippen LogP contribution in [-0.4, -0.2) is 50.3 Å². The van der Waals surface area contributed by atoms with E-state index < -0.39 is 0 Å². The fraction of sp³-hybridized carbons (Fsp3) is 1.00. The van der Waals surface area contributed by atoms with Crippen LogP contribution in [0.4, 0.5) is 0 Å². The van der Waals surface area contributed by atoms with Crippen molar-refractivity contribution >= 4 is 0 Å². The van der Waals surface area contributed by atoms with Gasteiger partial charge in [0.2, 0.25) is 0 Å². The van der Waals surface area contributed by atoms with Crippen molar-refractivity contribution < 1.29 is 4.74 Å². The van der Waals surface area contributed by atoms with Gasteiger partial charge in [0, 0.05) is 37.7 Å². The minimum absolute atomic E-state index is 0.369. The first-order valence-electron chi connectivity index (χ1n) is 7.67. The molecular formula is C15H30N2O. The Morgan fingerprint density at radius 3 is 2.67 bits per heavy atom. The molecule has 1 saturated heterocycles. The second-order valence-electron chi connectivity index (χ2n) is 6.68. The number of nitrogens with zero attached hydrogens (tertiary/aromatic N) is 1. The Morgan fingerprint density at radius 1 is 1.39 bits per heavy atom. The summed E-state index contributed by atoms with van der Waals surface area (Å²) >= 11 is 0. The maximum atomic E-state index is 5.70. The Hall–Kier alpha value is -0.120. The minimum Gasteiger partial charge on any atom is -0.381 e. The Labute approximate surface area is 112 Å². The van der Waals surface area contributed by atoms with Crippen LogP contribution in [0.1, 0.15) is 40.0 Å². The molecule has 0 radical (unpaired) electrons. The molecule has 0 bridgehead atoms. The van der Waals surface area contributed by atoms with Crippen molar-refractivity contribution in [3.63, 3.8) is 0 Å². The highest BCUT2D eigenvalue weighted by molar-refractivity contribution is 4.92. The van der Waals surface area contributed by atoms with Gasteiger partial charge < -0.3 is 15.0 Å². The van der Waals surface area contributed by atoms with Gasteiger partial charge in [-0.3, -0.25) is 0 Å². The molecule has 1 unspecified atom stereocenters. The summed E-state index contributed by atoms with van der Waals surface area (Å²) in [5, 5.41) is 3.72. The van der Waals surface area contributed by atoms with Crippen molar-refractivity contribution in [2.24, 2.45) is 11.3 Å². The smallest absolute Gasteiger partial charge is 0.0547 e. The lowest BCUT2D eigenvalue weighted by Crippen LogP contribution is -2.46. The third-order valence-corrected chi connectivity index (χ3v) is 4.16.